The van der Waals surface area contributed by atoms with Crippen molar-refractivity contribution >= 4 is 13.2 Å². The van der Waals surface area contributed by atoms with Crippen molar-refractivity contribution in [2.45, 2.75) is 52.2 Å². The van der Waals surface area contributed by atoms with Gasteiger partial charge < -0.3 is 13.8 Å². The Hall–Kier alpha value is -1.07. The third-order valence-corrected chi connectivity index (χ3v) is 3.62. The third kappa shape index (κ3) is 2.52. The molecule has 1 fully saturated rings. The second kappa shape index (κ2) is 4.55. The summed E-state index contributed by atoms with van der Waals surface area (Å²) in [7, 11) is -0.336. The van der Waals surface area contributed by atoms with Gasteiger partial charge >= 0.3 is 7.12 Å². The van der Waals surface area contributed by atoms with E-state index in [1.54, 1.807) is 0 Å². The van der Waals surface area contributed by atoms with Gasteiger partial charge in [-0.2, -0.15) is 0 Å². The van der Waals surface area contributed by atoms with E-state index in [0.29, 0.717) is 0 Å². The summed E-state index contributed by atoms with van der Waals surface area (Å²) in [6.45, 7) is 10.2. The Morgan fingerprint density at radius 1 is 1.22 bits per heavy atom. The fourth-order valence-electron chi connectivity index (χ4n) is 1.72. The number of rotatable bonds is 3. The zero-order valence-corrected chi connectivity index (χ0v) is 11.7. The van der Waals surface area contributed by atoms with Gasteiger partial charge in [-0.15, -0.1) is 0 Å². The summed E-state index contributed by atoms with van der Waals surface area (Å²) in [5, 5.41) is 3.95. The van der Waals surface area contributed by atoms with Crippen LogP contribution in [0.1, 0.15) is 46.1 Å². The van der Waals surface area contributed by atoms with Gasteiger partial charge in [-0.3, -0.25) is 0 Å². The third-order valence-electron chi connectivity index (χ3n) is 3.62. The van der Waals surface area contributed by atoms with Crippen LogP contribution in [-0.4, -0.2) is 23.5 Å². The maximum Gasteiger partial charge on any atom is 0.487 e. The lowest BCUT2D eigenvalue weighted by Gasteiger charge is -2.32. The SMILES string of the molecule is CCc1cc(/C=C/B2OC(C)(C)C(C)(C)O2)no1. The van der Waals surface area contributed by atoms with E-state index < -0.39 is 0 Å². The minimum absolute atomic E-state index is 0.305. The molecule has 0 N–H and O–H groups in total. The van der Waals surface area contributed by atoms with Crippen LogP contribution in [0, 0.1) is 0 Å². The molecule has 0 bridgehead atoms. The summed E-state index contributed by atoms with van der Waals surface area (Å²) < 4.78 is 16.8. The van der Waals surface area contributed by atoms with Gasteiger partial charge in [0.05, 0.1) is 11.2 Å². The molecule has 0 unspecified atom stereocenters. The summed E-state index contributed by atoms with van der Waals surface area (Å²) in [5.41, 5.74) is 0.183. The van der Waals surface area contributed by atoms with Crippen LogP contribution < -0.4 is 0 Å². The van der Waals surface area contributed by atoms with Crippen LogP contribution in [0.5, 0.6) is 0 Å². The summed E-state index contributed by atoms with van der Waals surface area (Å²) in [6.07, 6.45) is 2.71. The summed E-state index contributed by atoms with van der Waals surface area (Å²) in [5.74, 6) is 2.75. The van der Waals surface area contributed by atoms with Crippen molar-refractivity contribution in [1.82, 2.24) is 5.16 Å². The minimum atomic E-state index is -0.336. The quantitative estimate of drug-likeness (QED) is 0.772. The van der Waals surface area contributed by atoms with Gasteiger partial charge in [-0.1, -0.05) is 18.1 Å². The highest BCUT2D eigenvalue weighted by molar-refractivity contribution is 6.52. The van der Waals surface area contributed by atoms with E-state index in [2.05, 4.69) is 5.16 Å². The van der Waals surface area contributed by atoms with Gasteiger partial charge in [0.25, 0.3) is 0 Å². The molecule has 1 aliphatic heterocycles. The summed E-state index contributed by atoms with van der Waals surface area (Å²) >= 11 is 0. The first-order valence-corrected chi connectivity index (χ1v) is 6.33. The highest BCUT2D eigenvalue weighted by Crippen LogP contribution is 2.36. The smallest absolute Gasteiger partial charge is 0.400 e. The molecule has 18 heavy (non-hydrogen) atoms. The molecular formula is C13H20BNO3. The first-order valence-electron chi connectivity index (χ1n) is 6.33. The number of nitrogens with zero attached hydrogens (tertiary/aromatic N) is 1. The largest absolute Gasteiger partial charge is 0.487 e. The topological polar surface area (TPSA) is 44.5 Å². The second-order valence-electron chi connectivity index (χ2n) is 5.56. The Kier molecular flexibility index (Phi) is 3.38. The molecule has 4 nitrogen and oxygen atoms in total. The lowest BCUT2D eigenvalue weighted by Crippen LogP contribution is -2.41. The first kappa shape index (κ1) is 13.4. The Morgan fingerprint density at radius 3 is 2.33 bits per heavy atom. The fourth-order valence-corrected chi connectivity index (χ4v) is 1.72. The van der Waals surface area contributed by atoms with Crippen molar-refractivity contribution in [3.63, 3.8) is 0 Å². The van der Waals surface area contributed by atoms with E-state index in [1.165, 1.54) is 0 Å². The molecule has 0 aromatic carbocycles. The molecule has 1 aromatic rings. The average molecular weight is 249 g/mol. The molecule has 1 aromatic heterocycles. The van der Waals surface area contributed by atoms with E-state index in [-0.39, 0.29) is 18.3 Å². The van der Waals surface area contributed by atoms with E-state index >= 15 is 0 Å². The maximum absolute atomic E-state index is 5.85. The fraction of sp³-hybridized carbons (Fsp3) is 0.615. The van der Waals surface area contributed by atoms with Crippen LogP contribution in [-0.2, 0) is 15.7 Å². The molecule has 0 spiro atoms. The van der Waals surface area contributed by atoms with Crippen LogP contribution in [0.4, 0.5) is 0 Å². The summed E-state index contributed by atoms with van der Waals surface area (Å²) in [4.78, 5) is 0. The van der Waals surface area contributed by atoms with Crippen LogP contribution in [0.25, 0.3) is 6.08 Å². The van der Waals surface area contributed by atoms with E-state index in [4.69, 9.17) is 13.8 Å². The normalized spacial score (nSPS) is 21.9. The zero-order chi connectivity index (χ0) is 13.4. The molecule has 1 aliphatic rings. The van der Waals surface area contributed by atoms with Crippen molar-refractivity contribution in [3.8, 4) is 0 Å². The van der Waals surface area contributed by atoms with Crippen molar-refractivity contribution in [3.05, 3.63) is 23.5 Å². The van der Waals surface area contributed by atoms with E-state index in [1.807, 2.05) is 52.7 Å². The van der Waals surface area contributed by atoms with Crippen molar-refractivity contribution in [2.24, 2.45) is 0 Å². The molecule has 2 rings (SSSR count). The van der Waals surface area contributed by atoms with Crippen molar-refractivity contribution < 1.29 is 13.8 Å². The van der Waals surface area contributed by atoms with Crippen molar-refractivity contribution in [2.75, 3.05) is 0 Å². The first-order chi connectivity index (χ1) is 8.34. The maximum atomic E-state index is 5.85. The van der Waals surface area contributed by atoms with E-state index in [9.17, 15) is 0 Å². The molecule has 0 amide bonds. The second-order valence-corrected chi connectivity index (χ2v) is 5.56. The van der Waals surface area contributed by atoms with Gasteiger partial charge in [0.1, 0.15) is 11.5 Å². The van der Waals surface area contributed by atoms with Gasteiger partial charge in [-0.05, 0) is 33.8 Å². The highest BCUT2D eigenvalue weighted by Gasteiger charge is 2.49. The Morgan fingerprint density at radius 2 is 1.83 bits per heavy atom. The molecule has 98 valence electrons. The molecular weight excluding hydrogens is 229 g/mol. The van der Waals surface area contributed by atoms with Crippen LogP contribution in [0.2, 0.25) is 0 Å². The molecule has 5 heteroatoms. The van der Waals surface area contributed by atoms with Crippen molar-refractivity contribution in [1.29, 1.82) is 0 Å². The molecule has 2 heterocycles. The Labute approximate surface area is 108 Å². The lowest BCUT2D eigenvalue weighted by atomic mass is 9.90. The average Bonchev–Trinajstić information content (AvgIpc) is 2.79. The van der Waals surface area contributed by atoms with Gasteiger partial charge in [0.15, 0.2) is 0 Å². The molecule has 0 saturated carbocycles. The highest BCUT2D eigenvalue weighted by atomic mass is 16.7. The molecule has 0 atom stereocenters. The van der Waals surface area contributed by atoms with Crippen LogP contribution in [0.3, 0.4) is 0 Å². The number of aryl methyl sites for hydroxylation is 1. The Bertz CT molecular complexity index is 435. The molecule has 0 aliphatic carbocycles. The summed E-state index contributed by atoms with van der Waals surface area (Å²) in [6, 6.07) is 1.92. The predicted octanol–water partition coefficient (Wildman–Crippen LogP) is 2.88. The zero-order valence-electron chi connectivity index (χ0n) is 11.7. The Balaban J connectivity index is 2.03. The number of hydrogen-bond donors (Lipinski definition) is 0. The van der Waals surface area contributed by atoms with E-state index in [0.717, 1.165) is 17.9 Å². The molecule has 0 radical (unpaired) electrons. The van der Waals surface area contributed by atoms with Crippen LogP contribution >= 0.6 is 0 Å². The van der Waals surface area contributed by atoms with Gasteiger partial charge in [-0.25, -0.2) is 0 Å². The number of hydrogen-bond acceptors (Lipinski definition) is 4. The molecule has 1 saturated heterocycles. The lowest BCUT2D eigenvalue weighted by molar-refractivity contribution is 0.00578. The van der Waals surface area contributed by atoms with Crippen LogP contribution in [0.15, 0.2) is 16.6 Å². The standard InChI is InChI=1S/C13H20BNO3/c1-6-11-9-10(15-16-11)7-8-14-17-12(2,3)13(4,5)18-14/h7-9H,6H2,1-5H3/b8-7+. The van der Waals surface area contributed by atoms with Gasteiger partial charge in [0, 0.05) is 12.5 Å². The predicted molar refractivity (Wildman–Crippen MR) is 71.0 cm³/mol. The number of aromatic nitrogens is 1. The van der Waals surface area contributed by atoms with Gasteiger partial charge in [0.2, 0.25) is 0 Å². The monoisotopic (exact) mass is 249 g/mol. The minimum Gasteiger partial charge on any atom is -0.400 e.